The van der Waals surface area contributed by atoms with Crippen LogP contribution >= 0.6 is 0 Å². The summed E-state index contributed by atoms with van der Waals surface area (Å²) in [5.74, 6) is 0.932. The van der Waals surface area contributed by atoms with Gasteiger partial charge >= 0.3 is 0 Å². The van der Waals surface area contributed by atoms with E-state index in [9.17, 15) is 0 Å². The van der Waals surface area contributed by atoms with Gasteiger partial charge < -0.3 is 10.1 Å². The first kappa shape index (κ1) is 10.0. The third kappa shape index (κ3) is 3.11. The Labute approximate surface area is 75.7 Å². The molecule has 1 aliphatic rings. The third-order valence-corrected chi connectivity index (χ3v) is 2.47. The van der Waals surface area contributed by atoms with Crippen molar-refractivity contribution in [1.82, 2.24) is 5.32 Å². The summed E-state index contributed by atoms with van der Waals surface area (Å²) in [6.07, 6.45) is 2.69. The SMILES string of the molecule is CCOCC(C)NC1CC(C)C1. The molecule has 0 spiro atoms. The highest BCUT2D eigenvalue weighted by atomic mass is 16.5. The van der Waals surface area contributed by atoms with E-state index in [0.29, 0.717) is 6.04 Å². The lowest BCUT2D eigenvalue weighted by molar-refractivity contribution is 0.111. The average Bonchev–Trinajstić information content (AvgIpc) is 1.98. The highest BCUT2D eigenvalue weighted by molar-refractivity contribution is 4.83. The van der Waals surface area contributed by atoms with Crippen molar-refractivity contribution >= 4 is 0 Å². The first-order chi connectivity index (χ1) is 5.72. The minimum absolute atomic E-state index is 0.516. The summed E-state index contributed by atoms with van der Waals surface area (Å²) in [5, 5.41) is 3.56. The van der Waals surface area contributed by atoms with Gasteiger partial charge in [0.15, 0.2) is 0 Å². The minimum atomic E-state index is 0.516. The van der Waals surface area contributed by atoms with Crippen molar-refractivity contribution in [3.63, 3.8) is 0 Å². The smallest absolute Gasteiger partial charge is 0.0616 e. The van der Waals surface area contributed by atoms with Crippen LogP contribution in [0.5, 0.6) is 0 Å². The molecule has 0 saturated heterocycles. The molecule has 1 aliphatic carbocycles. The Morgan fingerprint density at radius 2 is 2.17 bits per heavy atom. The molecule has 12 heavy (non-hydrogen) atoms. The van der Waals surface area contributed by atoms with E-state index in [-0.39, 0.29) is 0 Å². The van der Waals surface area contributed by atoms with Gasteiger partial charge in [0.25, 0.3) is 0 Å². The van der Waals surface area contributed by atoms with Gasteiger partial charge in [-0.15, -0.1) is 0 Å². The molecule has 2 heteroatoms. The predicted molar refractivity (Wildman–Crippen MR) is 51.3 cm³/mol. The minimum Gasteiger partial charge on any atom is -0.380 e. The molecule has 0 radical (unpaired) electrons. The first-order valence-electron chi connectivity index (χ1n) is 5.06. The van der Waals surface area contributed by atoms with Gasteiger partial charge in [-0.1, -0.05) is 6.92 Å². The van der Waals surface area contributed by atoms with Crippen LogP contribution in [0, 0.1) is 5.92 Å². The van der Waals surface area contributed by atoms with Gasteiger partial charge in [0.2, 0.25) is 0 Å². The van der Waals surface area contributed by atoms with Crippen molar-refractivity contribution in [1.29, 1.82) is 0 Å². The van der Waals surface area contributed by atoms with E-state index >= 15 is 0 Å². The van der Waals surface area contributed by atoms with Crippen molar-refractivity contribution < 1.29 is 4.74 Å². The maximum Gasteiger partial charge on any atom is 0.0616 e. The van der Waals surface area contributed by atoms with E-state index in [2.05, 4.69) is 19.2 Å². The van der Waals surface area contributed by atoms with E-state index in [1.807, 2.05) is 6.92 Å². The van der Waals surface area contributed by atoms with Crippen LogP contribution in [0.2, 0.25) is 0 Å². The fourth-order valence-electron chi connectivity index (χ4n) is 1.78. The summed E-state index contributed by atoms with van der Waals surface area (Å²) >= 11 is 0. The molecular formula is C10H21NO. The van der Waals surface area contributed by atoms with Gasteiger partial charge in [0.05, 0.1) is 6.61 Å². The monoisotopic (exact) mass is 171 g/mol. The highest BCUT2D eigenvalue weighted by Crippen LogP contribution is 2.26. The van der Waals surface area contributed by atoms with Crippen molar-refractivity contribution in [2.24, 2.45) is 5.92 Å². The Kier molecular flexibility index (Phi) is 4.02. The third-order valence-electron chi connectivity index (χ3n) is 2.47. The highest BCUT2D eigenvalue weighted by Gasteiger charge is 2.25. The molecule has 72 valence electrons. The molecule has 0 heterocycles. The molecule has 0 aromatic heterocycles. The lowest BCUT2D eigenvalue weighted by atomic mass is 9.81. The van der Waals surface area contributed by atoms with Crippen molar-refractivity contribution in [2.45, 2.75) is 45.7 Å². The average molecular weight is 171 g/mol. The largest absolute Gasteiger partial charge is 0.380 e. The van der Waals surface area contributed by atoms with E-state index in [1.165, 1.54) is 12.8 Å². The number of hydrogen-bond donors (Lipinski definition) is 1. The molecule has 1 rings (SSSR count). The van der Waals surface area contributed by atoms with Crippen LogP contribution in [0.4, 0.5) is 0 Å². The Hall–Kier alpha value is -0.0800. The Bertz CT molecular complexity index is 121. The van der Waals surface area contributed by atoms with Crippen LogP contribution in [-0.4, -0.2) is 25.3 Å². The second-order valence-electron chi connectivity index (χ2n) is 4.00. The van der Waals surface area contributed by atoms with Crippen molar-refractivity contribution in [2.75, 3.05) is 13.2 Å². The van der Waals surface area contributed by atoms with Crippen molar-refractivity contribution in [3.05, 3.63) is 0 Å². The maximum atomic E-state index is 5.33. The summed E-state index contributed by atoms with van der Waals surface area (Å²) in [6.45, 7) is 8.22. The van der Waals surface area contributed by atoms with E-state index in [4.69, 9.17) is 4.74 Å². The van der Waals surface area contributed by atoms with Crippen LogP contribution in [0.25, 0.3) is 0 Å². The summed E-state index contributed by atoms with van der Waals surface area (Å²) < 4.78 is 5.33. The molecule has 1 saturated carbocycles. The molecule has 0 bridgehead atoms. The van der Waals surface area contributed by atoms with Gasteiger partial charge in [0, 0.05) is 18.7 Å². The quantitative estimate of drug-likeness (QED) is 0.681. The van der Waals surface area contributed by atoms with E-state index in [1.54, 1.807) is 0 Å². The van der Waals surface area contributed by atoms with Crippen LogP contribution < -0.4 is 5.32 Å². The second-order valence-corrected chi connectivity index (χ2v) is 4.00. The molecule has 0 aromatic rings. The summed E-state index contributed by atoms with van der Waals surface area (Å²) in [4.78, 5) is 0. The van der Waals surface area contributed by atoms with Crippen LogP contribution in [0.1, 0.15) is 33.6 Å². The van der Waals surface area contributed by atoms with Gasteiger partial charge in [-0.2, -0.15) is 0 Å². The topological polar surface area (TPSA) is 21.3 Å². The fourth-order valence-corrected chi connectivity index (χ4v) is 1.78. The number of rotatable bonds is 5. The molecule has 1 unspecified atom stereocenters. The molecule has 0 amide bonds. The zero-order valence-electron chi connectivity index (χ0n) is 8.47. The molecule has 1 fully saturated rings. The first-order valence-corrected chi connectivity index (χ1v) is 5.06. The number of hydrogen-bond acceptors (Lipinski definition) is 2. The Morgan fingerprint density at radius 1 is 1.50 bits per heavy atom. The molecule has 1 N–H and O–H groups in total. The number of ether oxygens (including phenoxy) is 1. The van der Waals surface area contributed by atoms with Crippen LogP contribution in [0.15, 0.2) is 0 Å². The molecule has 1 atom stereocenters. The summed E-state index contributed by atoms with van der Waals surface area (Å²) in [5.41, 5.74) is 0. The lowest BCUT2D eigenvalue weighted by Gasteiger charge is -2.35. The molecule has 0 aromatic carbocycles. The summed E-state index contributed by atoms with van der Waals surface area (Å²) in [7, 11) is 0. The molecule has 2 nitrogen and oxygen atoms in total. The number of nitrogens with one attached hydrogen (secondary N) is 1. The Morgan fingerprint density at radius 3 is 2.67 bits per heavy atom. The second kappa shape index (κ2) is 4.83. The molecule has 0 aliphatic heterocycles. The van der Waals surface area contributed by atoms with E-state index < -0.39 is 0 Å². The van der Waals surface area contributed by atoms with Crippen LogP contribution in [-0.2, 0) is 4.74 Å². The normalized spacial score (nSPS) is 31.2. The van der Waals surface area contributed by atoms with Gasteiger partial charge in [-0.3, -0.25) is 0 Å². The predicted octanol–water partition coefficient (Wildman–Crippen LogP) is 1.80. The lowest BCUT2D eigenvalue weighted by Crippen LogP contribution is -2.46. The van der Waals surface area contributed by atoms with Crippen LogP contribution in [0.3, 0.4) is 0 Å². The van der Waals surface area contributed by atoms with Gasteiger partial charge in [-0.25, -0.2) is 0 Å². The zero-order chi connectivity index (χ0) is 8.97. The zero-order valence-corrected chi connectivity index (χ0v) is 8.47. The maximum absolute atomic E-state index is 5.33. The van der Waals surface area contributed by atoms with Gasteiger partial charge in [0.1, 0.15) is 0 Å². The summed E-state index contributed by atoms with van der Waals surface area (Å²) in [6, 6.07) is 1.28. The van der Waals surface area contributed by atoms with Crippen molar-refractivity contribution in [3.8, 4) is 0 Å². The Balaban J connectivity index is 1.98. The van der Waals surface area contributed by atoms with E-state index in [0.717, 1.165) is 25.2 Å². The fraction of sp³-hybridized carbons (Fsp3) is 1.00. The molecular weight excluding hydrogens is 150 g/mol. The van der Waals surface area contributed by atoms with Gasteiger partial charge in [-0.05, 0) is 32.6 Å². The standard InChI is InChI=1S/C10H21NO/c1-4-12-7-9(3)11-10-5-8(2)6-10/h8-11H,4-7H2,1-3H3.